The van der Waals surface area contributed by atoms with Crippen molar-refractivity contribution in [1.82, 2.24) is 4.57 Å². The van der Waals surface area contributed by atoms with E-state index in [2.05, 4.69) is 55.7 Å². The number of para-hydroxylation sites is 1. The molecule has 1 aliphatic rings. The summed E-state index contributed by atoms with van der Waals surface area (Å²) in [6.45, 7) is 6.72. The van der Waals surface area contributed by atoms with E-state index >= 15 is 0 Å². The van der Waals surface area contributed by atoms with Crippen LogP contribution in [0.1, 0.15) is 61.2 Å². The fourth-order valence-corrected chi connectivity index (χ4v) is 3.45. The molecule has 1 aromatic carbocycles. The fraction of sp³-hybridized carbons (Fsp3) is 0.444. The lowest BCUT2D eigenvalue weighted by Gasteiger charge is -2.23. The average molecular weight is 268 g/mol. The second-order valence-electron chi connectivity index (χ2n) is 6.24. The number of rotatable bonds is 2. The monoisotopic (exact) mass is 268 g/mol. The van der Waals surface area contributed by atoms with Crippen LogP contribution in [0.15, 0.2) is 30.3 Å². The van der Waals surface area contributed by atoms with E-state index in [0.29, 0.717) is 5.92 Å². The van der Waals surface area contributed by atoms with Gasteiger partial charge >= 0.3 is 0 Å². The van der Waals surface area contributed by atoms with E-state index in [4.69, 9.17) is 5.73 Å². The third kappa shape index (κ3) is 2.08. The Morgan fingerprint density at radius 2 is 2.00 bits per heavy atom. The van der Waals surface area contributed by atoms with Crippen LogP contribution in [0.4, 0.5) is 0 Å². The van der Waals surface area contributed by atoms with Crippen LogP contribution in [0.5, 0.6) is 0 Å². The molecule has 0 saturated heterocycles. The molecule has 1 unspecified atom stereocenters. The Morgan fingerprint density at radius 1 is 1.25 bits per heavy atom. The van der Waals surface area contributed by atoms with Gasteiger partial charge in [0.2, 0.25) is 0 Å². The number of aromatic nitrogens is 1. The molecule has 2 aromatic rings. The molecule has 2 nitrogen and oxygen atoms in total. The zero-order chi connectivity index (χ0) is 14.3. The lowest BCUT2D eigenvalue weighted by molar-refractivity contribution is 0.559. The Morgan fingerprint density at radius 3 is 2.75 bits per heavy atom. The number of hydrogen-bond acceptors (Lipinski definition) is 1. The van der Waals surface area contributed by atoms with Crippen LogP contribution >= 0.6 is 0 Å². The Hall–Kier alpha value is -1.54. The number of nitrogens with two attached hydrogens (primary N) is 1. The van der Waals surface area contributed by atoms with Crippen LogP contribution in [0, 0.1) is 6.92 Å². The zero-order valence-electron chi connectivity index (χ0n) is 12.7. The van der Waals surface area contributed by atoms with E-state index in [0.717, 1.165) is 12.8 Å². The summed E-state index contributed by atoms with van der Waals surface area (Å²) < 4.78 is 2.43. The molecule has 0 radical (unpaired) electrons. The van der Waals surface area contributed by atoms with E-state index < -0.39 is 0 Å². The SMILES string of the molecule is Cc1cc2c(n1-c1ccccc1C(C)C)CCCC2N. The summed E-state index contributed by atoms with van der Waals surface area (Å²) >= 11 is 0. The topological polar surface area (TPSA) is 30.9 Å². The third-order valence-electron chi connectivity index (χ3n) is 4.45. The van der Waals surface area contributed by atoms with Gasteiger partial charge in [0.05, 0.1) is 0 Å². The van der Waals surface area contributed by atoms with Gasteiger partial charge < -0.3 is 10.3 Å². The first kappa shape index (κ1) is 13.4. The highest BCUT2D eigenvalue weighted by molar-refractivity contribution is 5.49. The first-order valence-corrected chi connectivity index (χ1v) is 7.65. The number of benzene rings is 1. The summed E-state index contributed by atoms with van der Waals surface area (Å²) in [4.78, 5) is 0. The molecule has 0 amide bonds. The summed E-state index contributed by atoms with van der Waals surface area (Å²) in [5.74, 6) is 0.529. The molecule has 0 fully saturated rings. The van der Waals surface area contributed by atoms with Crippen LogP contribution < -0.4 is 5.73 Å². The smallest absolute Gasteiger partial charge is 0.0489 e. The minimum absolute atomic E-state index is 0.213. The van der Waals surface area contributed by atoms with Gasteiger partial charge in [0.1, 0.15) is 0 Å². The number of nitrogens with zero attached hydrogens (tertiary/aromatic N) is 1. The molecule has 0 bridgehead atoms. The molecule has 1 atom stereocenters. The van der Waals surface area contributed by atoms with Gasteiger partial charge in [-0.05, 0) is 55.4 Å². The van der Waals surface area contributed by atoms with Gasteiger partial charge in [-0.2, -0.15) is 0 Å². The Bertz CT molecular complexity index is 622. The summed E-state index contributed by atoms with van der Waals surface area (Å²) in [5, 5.41) is 0. The molecule has 106 valence electrons. The largest absolute Gasteiger partial charge is 0.324 e. The highest BCUT2D eigenvalue weighted by Crippen LogP contribution is 2.34. The fourth-order valence-electron chi connectivity index (χ4n) is 3.45. The number of fused-ring (bicyclic) bond motifs is 1. The molecule has 0 spiro atoms. The van der Waals surface area contributed by atoms with Crippen molar-refractivity contribution in [2.75, 3.05) is 0 Å². The summed E-state index contributed by atoms with van der Waals surface area (Å²) in [7, 11) is 0. The average Bonchev–Trinajstić information content (AvgIpc) is 2.76. The van der Waals surface area contributed by atoms with Crippen molar-refractivity contribution < 1.29 is 0 Å². The van der Waals surface area contributed by atoms with Crippen molar-refractivity contribution in [1.29, 1.82) is 0 Å². The van der Waals surface area contributed by atoms with E-state index in [-0.39, 0.29) is 6.04 Å². The number of aryl methyl sites for hydroxylation is 1. The maximum Gasteiger partial charge on any atom is 0.0489 e. The van der Waals surface area contributed by atoms with E-state index in [1.807, 2.05) is 0 Å². The molecule has 2 N–H and O–H groups in total. The van der Waals surface area contributed by atoms with E-state index in [1.54, 1.807) is 0 Å². The third-order valence-corrected chi connectivity index (χ3v) is 4.45. The second kappa shape index (κ2) is 5.10. The number of hydrogen-bond donors (Lipinski definition) is 1. The lowest BCUT2D eigenvalue weighted by Crippen LogP contribution is -2.18. The highest BCUT2D eigenvalue weighted by Gasteiger charge is 2.23. The molecule has 20 heavy (non-hydrogen) atoms. The van der Waals surface area contributed by atoms with Crippen molar-refractivity contribution in [3.8, 4) is 5.69 Å². The maximum atomic E-state index is 6.29. The molecule has 0 saturated carbocycles. The summed E-state index contributed by atoms with van der Waals surface area (Å²) in [6, 6.07) is 11.3. The first-order chi connectivity index (χ1) is 9.59. The molecule has 1 aromatic heterocycles. The summed E-state index contributed by atoms with van der Waals surface area (Å²) in [5.41, 5.74) is 13.1. The van der Waals surface area contributed by atoms with Crippen LogP contribution in [0.25, 0.3) is 5.69 Å². The van der Waals surface area contributed by atoms with Crippen molar-refractivity contribution >= 4 is 0 Å². The van der Waals surface area contributed by atoms with Gasteiger partial charge in [-0.1, -0.05) is 32.0 Å². The van der Waals surface area contributed by atoms with Crippen molar-refractivity contribution in [2.24, 2.45) is 5.73 Å². The minimum Gasteiger partial charge on any atom is -0.324 e. The molecule has 2 heteroatoms. The molecule has 1 heterocycles. The molecule has 0 aliphatic heterocycles. The van der Waals surface area contributed by atoms with E-state index in [9.17, 15) is 0 Å². The summed E-state index contributed by atoms with van der Waals surface area (Å²) in [6.07, 6.45) is 3.45. The van der Waals surface area contributed by atoms with Gasteiger partial charge in [0, 0.05) is 23.1 Å². The van der Waals surface area contributed by atoms with Crippen molar-refractivity contribution in [2.45, 2.75) is 52.0 Å². The predicted octanol–water partition coefficient (Wildman–Crippen LogP) is 4.25. The van der Waals surface area contributed by atoms with Crippen LogP contribution in [-0.4, -0.2) is 4.57 Å². The molecule has 3 rings (SSSR count). The van der Waals surface area contributed by atoms with Crippen molar-refractivity contribution in [3.63, 3.8) is 0 Å². The predicted molar refractivity (Wildman–Crippen MR) is 84.5 cm³/mol. The quantitative estimate of drug-likeness (QED) is 0.867. The van der Waals surface area contributed by atoms with Gasteiger partial charge in [-0.15, -0.1) is 0 Å². The van der Waals surface area contributed by atoms with Crippen LogP contribution in [0.2, 0.25) is 0 Å². The van der Waals surface area contributed by atoms with Gasteiger partial charge in [-0.3, -0.25) is 0 Å². The molecule has 1 aliphatic carbocycles. The standard InChI is InChI=1S/C18H24N2/c1-12(2)14-7-4-5-9-17(14)20-13(3)11-15-16(19)8-6-10-18(15)20/h4-5,7,9,11-12,16H,6,8,10,19H2,1-3H3. The zero-order valence-corrected chi connectivity index (χ0v) is 12.7. The highest BCUT2D eigenvalue weighted by atomic mass is 15.0. The molecular weight excluding hydrogens is 244 g/mol. The van der Waals surface area contributed by atoms with Gasteiger partial charge in [-0.25, -0.2) is 0 Å². The van der Waals surface area contributed by atoms with Gasteiger partial charge in [0.15, 0.2) is 0 Å². The minimum atomic E-state index is 0.213. The normalized spacial score (nSPS) is 18.4. The maximum absolute atomic E-state index is 6.29. The Balaban J connectivity index is 2.21. The second-order valence-corrected chi connectivity index (χ2v) is 6.24. The Labute approximate surface area is 121 Å². The molecular formula is C18H24N2. The first-order valence-electron chi connectivity index (χ1n) is 7.65. The Kier molecular flexibility index (Phi) is 3.43. The van der Waals surface area contributed by atoms with Gasteiger partial charge in [0.25, 0.3) is 0 Å². The lowest BCUT2D eigenvalue weighted by atomic mass is 9.93. The van der Waals surface area contributed by atoms with Crippen LogP contribution in [-0.2, 0) is 6.42 Å². The van der Waals surface area contributed by atoms with E-state index in [1.165, 1.54) is 34.6 Å². The van der Waals surface area contributed by atoms with Crippen LogP contribution in [0.3, 0.4) is 0 Å². The van der Waals surface area contributed by atoms with Crippen molar-refractivity contribution in [3.05, 3.63) is 52.8 Å².